The average Bonchev–Trinajstić information content (AvgIpc) is 2.59. The van der Waals surface area contributed by atoms with E-state index in [0.717, 1.165) is 13.0 Å². The van der Waals surface area contributed by atoms with Gasteiger partial charge in [-0.1, -0.05) is 54.6 Å². The Kier molecular flexibility index (Phi) is 5.08. The Morgan fingerprint density at radius 1 is 0.783 bits per heavy atom. The fourth-order valence-corrected chi connectivity index (χ4v) is 3.04. The van der Waals surface area contributed by atoms with E-state index in [2.05, 4.69) is 36.4 Å². The zero-order valence-corrected chi connectivity index (χ0v) is 13.0. The topological polar surface area (TPSA) is 63.9 Å². The summed E-state index contributed by atoms with van der Waals surface area (Å²) >= 11 is 0. The molecule has 2 aromatic carbocycles. The van der Waals surface area contributed by atoms with Crippen LogP contribution < -0.4 is 0 Å². The third-order valence-electron chi connectivity index (χ3n) is 4.46. The Morgan fingerprint density at radius 3 is 1.96 bits per heavy atom. The van der Waals surface area contributed by atoms with Crippen molar-refractivity contribution in [1.82, 2.24) is 4.90 Å². The fraction of sp³-hybridized carbons (Fsp3) is 0.368. The molecule has 0 radical (unpaired) electrons. The zero-order chi connectivity index (χ0) is 16.2. The molecule has 0 aliphatic carbocycles. The molecule has 4 nitrogen and oxygen atoms in total. The van der Waals surface area contributed by atoms with Crippen LogP contribution in [0, 0.1) is 0 Å². The highest BCUT2D eigenvalue weighted by Crippen LogP contribution is 2.20. The number of aliphatic hydroxyl groups excluding tert-OH is 3. The first kappa shape index (κ1) is 16.1. The third kappa shape index (κ3) is 3.98. The summed E-state index contributed by atoms with van der Waals surface area (Å²) in [6.07, 6.45) is -1.93. The molecule has 3 rings (SSSR count). The summed E-state index contributed by atoms with van der Waals surface area (Å²) in [6.45, 7) is 1.56. The molecule has 122 valence electrons. The maximum Gasteiger partial charge on any atom is 0.108 e. The van der Waals surface area contributed by atoms with Crippen LogP contribution in [-0.4, -0.2) is 58.2 Å². The van der Waals surface area contributed by atoms with Crippen molar-refractivity contribution in [1.29, 1.82) is 0 Å². The zero-order valence-electron chi connectivity index (χ0n) is 13.0. The smallest absolute Gasteiger partial charge is 0.108 e. The van der Waals surface area contributed by atoms with Gasteiger partial charge in [0, 0.05) is 19.6 Å². The number of likely N-dealkylation sites (tertiary alicyclic amines) is 1. The van der Waals surface area contributed by atoms with Gasteiger partial charge in [0.25, 0.3) is 0 Å². The summed E-state index contributed by atoms with van der Waals surface area (Å²) in [4.78, 5) is 1.99. The molecule has 4 heteroatoms. The van der Waals surface area contributed by atoms with E-state index < -0.39 is 18.3 Å². The summed E-state index contributed by atoms with van der Waals surface area (Å²) in [5.41, 5.74) is 3.62. The minimum Gasteiger partial charge on any atom is -0.389 e. The van der Waals surface area contributed by atoms with Crippen LogP contribution in [0.1, 0.15) is 5.56 Å². The molecular weight excluding hydrogens is 290 g/mol. The summed E-state index contributed by atoms with van der Waals surface area (Å²) < 4.78 is 0. The summed E-state index contributed by atoms with van der Waals surface area (Å²) in [5, 5.41) is 29.0. The lowest BCUT2D eigenvalue weighted by Gasteiger charge is -2.36. The molecule has 1 heterocycles. The minimum absolute atomic E-state index is 0.403. The Hall–Kier alpha value is -1.72. The first-order valence-corrected chi connectivity index (χ1v) is 8.04. The normalized spacial score (nSPS) is 25.4. The van der Waals surface area contributed by atoms with Crippen LogP contribution in [-0.2, 0) is 6.42 Å². The van der Waals surface area contributed by atoms with Crippen LogP contribution in [0.25, 0.3) is 11.1 Å². The molecule has 0 amide bonds. The molecule has 0 bridgehead atoms. The molecule has 3 atom stereocenters. The van der Waals surface area contributed by atoms with E-state index in [9.17, 15) is 15.3 Å². The van der Waals surface area contributed by atoms with Crippen LogP contribution in [0.3, 0.4) is 0 Å². The molecular formula is C19H23NO3. The van der Waals surface area contributed by atoms with Crippen molar-refractivity contribution in [3.63, 3.8) is 0 Å². The number of benzene rings is 2. The van der Waals surface area contributed by atoms with Crippen molar-refractivity contribution in [3.8, 4) is 11.1 Å². The number of aliphatic hydroxyl groups is 3. The number of rotatable bonds is 4. The SMILES string of the molecule is OC1[C@H](O)CN(CCc2ccc(-c3ccccc3)cc2)C[C@@H]1O. The van der Waals surface area contributed by atoms with E-state index in [4.69, 9.17) is 0 Å². The van der Waals surface area contributed by atoms with Crippen LogP contribution in [0.2, 0.25) is 0 Å². The van der Waals surface area contributed by atoms with Gasteiger partial charge in [-0.15, -0.1) is 0 Å². The number of hydrogen-bond donors (Lipinski definition) is 3. The monoisotopic (exact) mass is 313 g/mol. The summed E-state index contributed by atoms with van der Waals surface area (Å²) in [7, 11) is 0. The molecule has 0 spiro atoms. The number of β-amino-alcohol motifs (C(OH)–C–C–N with tert-alkyl or cyclic N) is 2. The van der Waals surface area contributed by atoms with Gasteiger partial charge in [-0.25, -0.2) is 0 Å². The summed E-state index contributed by atoms with van der Waals surface area (Å²) in [5.74, 6) is 0. The van der Waals surface area contributed by atoms with Crippen molar-refractivity contribution >= 4 is 0 Å². The van der Waals surface area contributed by atoms with E-state index in [1.165, 1.54) is 16.7 Å². The van der Waals surface area contributed by atoms with E-state index in [0.29, 0.717) is 13.1 Å². The molecule has 0 saturated carbocycles. The lowest BCUT2D eigenvalue weighted by Crippen LogP contribution is -2.55. The predicted molar refractivity (Wildman–Crippen MR) is 90.0 cm³/mol. The molecule has 1 aliphatic heterocycles. The van der Waals surface area contributed by atoms with Gasteiger partial charge in [-0.3, -0.25) is 4.90 Å². The second-order valence-corrected chi connectivity index (χ2v) is 6.20. The maximum absolute atomic E-state index is 9.73. The lowest BCUT2D eigenvalue weighted by molar-refractivity contribution is -0.109. The Balaban J connectivity index is 1.57. The molecule has 3 N–H and O–H groups in total. The van der Waals surface area contributed by atoms with Crippen molar-refractivity contribution in [2.75, 3.05) is 19.6 Å². The van der Waals surface area contributed by atoms with Gasteiger partial charge in [0.15, 0.2) is 0 Å². The van der Waals surface area contributed by atoms with Crippen LogP contribution in [0.5, 0.6) is 0 Å². The fourth-order valence-electron chi connectivity index (χ4n) is 3.04. The first-order valence-electron chi connectivity index (χ1n) is 8.04. The quantitative estimate of drug-likeness (QED) is 0.796. The van der Waals surface area contributed by atoms with E-state index in [1.54, 1.807) is 0 Å². The highest BCUT2D eigenvalue weighted by Gasteiger charge is 2.32. The van der Waals surface area contributed by atoms with Gasteiger partial charge in [0.1, 0.15) is 6.10 Å². The molecule has 1 saturated heterocycles. The maximum atomic E-state index is 9.73. The average molecular weight is 313 g/mol. The Labute approximate surface area is 136 Å². The number of piperidine rings is 1. The largest absolute Gasteiger partial charge is 0.389 e. The molecule has 0 aromatic heterocycles. The molecule has 23 heavy (non-hydrogen) atoms. The van der Waals surface area contributed by atoms with Crippen LogP contribution in [0.4, 0.5) is 0 Å². The number of nitrogens with zero attached hydrogens (tertiary/aromatic N) is 1. The lowest BCUT2D eigenvalue weighted by atomic mass is 10.0. The molecule has 1 unspecified atom stereocenters. The van der Waals surface area contributed by atoms with Gasteiger partial charge < -0.3 is 15.3 Å². The first-order chi connectivity index (χ1) is 11.1. The second-order valence-electron chi connectivity index (χ2n) is 6.20. The van der Waals surface area contributed by atoms with Crippen molar-refractivity contribution in [2.24, 2.45) is 0 Å². The van der Waals surface area contributed by atoms with Gasteiger partial charge in [0.2, 0.25) is 0 Å². The van der Waals surface area contributed by atoms with Gasteiger partial charge in [-0.2, -0.15) is 0 Å². The highest BCUT2D eigenvalue weighted by molar-refractivity contribution is 5.63. The number of hydrogen-bond acceptors (Lipinski definition) is 4. The van der Waals surface area contributed by atoms with E-state index >= 15 is 0 Å². The predicted octanol–water partition coefficient (Wildman–Crippen LogP) is 1.29. The van der Waals surface area contributed by atoms with Crippen LogP contribution >= 0.6 is 0 Å². The van der Waals surface area contributed by atoms with Crippen LogP contribution in [0.15, 0.2) is 54.6 Å². The van der Waals surface area contributed by atoms with Crippen molar-refractivity contribution in [3.05, 3.63) is 60.2 Å². The van der Waals surface area contributed by atoms with E-state index in [1.807, 2.05) is 23.1 Å². The third-order valence-corrected chi connectivity index (χ3v) is 4.46. The van der Waals surface area contributed by atoms with Crippen molar-refractivity contribution < 1.29 is 15.3 Å². The standard InChI is InChI=1S/C19H23NO3/c21-17-12-20(13-18(22)19(17)23)11-10-14-6-8-16(9-7-14)15-4-2-1-3-5-15/h1-9,17-19,21-23H,10-13H2/t17-,18+,19?. The molecule has 1 fully saturated rings. The van der Waals surface area contributed by atoms with Gasteiger partial charge >= 0.3 is 0 Å². The molecule has 1 aliphatic rings. The van der Waals surface area contributed by atoms with E-state index in [-0.39, 0.29) is 0 Å². The Morgan fingerprint density at radius 2 is 1.35 bits per heavy atom. The van der Waals surface area contributed by atoms with Gasteiger partial charge in [-0.05, 0) is 23.1 Å². The second kappa shape index (κ2) is 7.23. The Bertz CT molecular complexity index is 602. The minimum atomic E-state index is -1.03. The summed E-state index contributed by atoms with van der Waals surface area (Å²) in [6, 6.07) is 18.7. The highest BCUT2D eigenvalue weighted by atomic mass is 16.4. The van der Waals surface area contributed by atoms with Crippen molar-refractivity contribution in [2.45, 2.75) is 24.7 Å². The van der Waals surface area contributed by atoms with Gasteiger partial charge in [0.05, 0.1) is 12.2 Å². The molecule has 2 aromatic rings.